The molecular formula is C14H18N2O4. The molecule has 6 heteroatoms. The second-order valence-corrected chi connectivity index (χ2v) is 6.20. The van der Waals surface area contributed by atoms with Gasteiger partial charge >= 0.3 is 6.09 Å². The van der Waals surface area contributed by atoms with Crippen LogP contribution < -0.4 is 0 Å². The lowest BCUT2D eigenvalue weighted by Gasteiger charge is -2.53. The van der Waals surface area contributed by atoms with E-state index < -0.39 is 11.0 Å². The van der Waals surface area contributed by atoms with Crippen molar-refractivity contribution in [2.45, 2.75) is 32.7 Å². The normalized spacial score (nSPS) is 22.2. The number of hydrogen-bond donors (Lipinski definition) is 1. The fourth-order valence-corrected chi connectivity index (χ4v) is 2.90. The standard InChI is InChI=1S/C14H18N2O4/c1-14(2,3)12-11(8-15(12)13(17)18)9-4-6-10(7-5-9)16(19)20/h4-7,11-12H,8H2,1-3H3,(H,17,18). The van der Waals surface area contributed by atoms with Crippen molar-refractivity contribution in [2.24, 2.45) is 5.41 Å². The zero-order valence-corrected chi connectivity index (χ0v) is 11.7. The van der Waals surface area contributed by atoms with E-state index in [4.69, 9.17) is 0 Å². The van der Waals surface area contributed by atoms with Gasteiger partial charge in [0.15, 0.2) is 0 Å². The Balaban J connectivity index is 2.24. The number of carbonyl (C=O) groups is 1. The molecule has 1 aliphatic heterocycles. The van der Waals surface area contributed by atoms with Crippen molar-refractivity contribution in [2.75, 3.05) is 6.54 Å². The number of nitrogens with zero attached hydrogens (tertiary/aromatic N) is 2. The number of hydrogen-bond acceptors (Lipinski definition) is 3. The Morgan fingerprint density at radius 1 is 1.35 bits per heavy atom. The average Bonchev–Trinajstić information content (AvgIpc) is 2.25. The Hall–Kier alpha value is -2.11. The number of rotatable bonds is 2. The molecular weight excluding hydrogens is 260 g/mol. The predicted octanol–water partition coefficient (Wildman–Crippen LogP) is 3.09. The van der Waals surface area contributed by atoms with E-state index in [9.17, 15) is 20.0 Å². The van der Waals surface area contributed by atoms with E-state index in [0.29, 0.717) is 6.54 Å². The van der Waals surface area contributed by atoms with Gasteiger partial charge in [0.1, 0.15) is 0 Å². The predicted molar refractivity (Wildman–Crippen MR) is 73.8 cm³/mol. The largest absolute Gasteiger partial charge is 0.465 e. The minimum atomic E-state index is -0.914. The van der Waals surface area contributed by atoms with Crippen LogP contribution in [-0.2, 0) is 0 Å². The number of benzene rings is 1. The smallest absolute Gasteiger partial charge is 0.407 e. The zero-order valence-electron chi connectivity index (χ0n) is 11.7. The molecule has 1 heterocycles. The van der Waals surface area contributed by atoms with Crippen LogP contribution in [-0.4, -0.2) is 33.6 Å². The van der Waals surface area contributed by atoms with Crippen molar-refractivity contribution in [3.63, 3.8) is 0 Å². The molecule has 0 aliphatic carbocycles. The second kappa shape index (κ2) is 4.77. The minimum Gasteiger partial charge on any atom is -0.465 e. The first kappa shape index (κ1) is 14.3. The molecule has 1 fully saturated rings. The summed E-state index contributed by atoms with van der Waals surface area (Å²) in [6.07, 6.45) is -0.914. The van der Waals surface area contributed by atoms with Gasteiger partial charge < -0.3 is 10.0 Å². The first-order valence-electron chi connectivity index (χ1n) is 6.45. The van der Waals surface area contributed by atoms with Crippen LogP contribution in [0.4, 0.5) is 10.5 Å². The maximum atomic E-state index is 11.2. The van der Waals surface area contributed by atoms with E-state index in [2.05, 4.69) is 0 Å². The quantitative estimate of drug-likeness (QED) is 0.665. The van der Waals surface area contributed by atoms with Gasteiger partial charge in [-0.05, 0) is 11.0 Å². The molecule has 1 amide bonds. The lowest BCUT2D eigenvalue weighted by molar-refractivity contribution is -0.384. The first-order valence-corrected chi connectivity index (χ1v) is 6.45. The van der Waals surface area contributed by atoms with E-state index in [1.165, 1.54) is 17.0 Å². The topological polar surface area (TPSA) is 83.7 Å². The average molecular weight is 278 g/mol. The van der Waals surface area contributed by atoms with Crippen LogP contribution in [0.25, 0.3) is 0 Å². The van der Waals surface area contributed by atoms with Crippen LogP contribution in [0.1, 0.15) is 32.3 Å². The van der Waals surface area contributed by atoms with Crippen LogP contribution in [0.3, 0.4) is 0 Å². The van der Waals surface area contributed by atoms with Crippen molar-refractivity contribution in [3.8, 4) is 0 Å². The molecule has 2 rings (SSSR count). The van der Waals surface area contributed by atoms with Crippen LogP contribution >= 0.6 is 0 Å². The summed E-state index contributed by atoms with van der Waals surface area (Å²) >= 11 is 0. The van der Waals surface area contributed by atoms with Crippen LogP contribution in [0.15, 0.2) is 24.3 Å². The number of amides is 1. The summed E-state index contributed by atoms with van der Waals surface area (Å²) in [5.41, 5.74) is 0.826. The van der Waals surface area contributed by atoms with Gasteiger partial charge in [0, 0.05) is 30.6 Å². The fraction of sp³-hybridized carbons (Fsp3) is 0.500. The van der Waals surface area contributed by atoms with Crippen LogP contribution in [0.2, 0.25) is 0 Å². The number of non-ortho nitro benzene ring substituents is 1. The minimum absolute atomic E-state index is 0.0514. The molecule has 2 atom stereocenters. The molecule has 0 radical (unpaired) electrons. The molecule has 1 aromatic carbocycles. The molecule has 20 heavy (non-hydrogen) atoms. The van der Waals surface area contributed by atoms with E-state index in [-0.39, 0.29) is 23.1 Å². The highest BCUT2D eigenvalue weighted by Crippen LogP contribution is 2.44. The Morgan fingerprint density at radius 3 is 2.30 bits per heavy atom. The van der Waals surface area contributed by atoms with Gasteiger partial charge in [-0.2, -0.15) is 0 Å². The second-order valence-electron chi connectivity index (χ2n) is 6.20. The maximum absolute atomic E-state index is 11.2. The molecule has 0 spiro atoms. The molecule has 0 saturated carbocycles. The summed E-state index contributed by atoms with van der Waals surface area (Å²) < 4.78 is 0. The van der Waals surface area contributed by atoms with E-state index in [1.54, 1.807) is 12.1 Å². The number of nitro groups is 1. The van der Waals surface area contributed by atoms with Crippen molar-refractivity contribution < 1.29 is 14.8 Å². The monoisotopic (exact) mass is 278 g/mol. The van der Waals surface area contributed by atoms with Gasteiger partial charge in [-0.3, -0.25) is 10.1 Å². The highest BCUT2D eigenvalue weighted by atomic mass is 16.6. The third kappa shape index (κ3) is 2.45. The fourth-order valence-electron chi connectivity index (χ4n) is 2.90. The van der Waals surface area contributed by atoms with Crippen molar-refractivity contribution in [3.05, 3.63) is 39.9 Å². The molecule has 0 aromatic heterocycles. The molecule has 1 N–H and O–H groups in total. The van der Waals surface area contributed by atoms with Crippen molar-refractivity contribution >= 4 is 11.8 Å². The summed E-state index contributed by atoms with van der Waals surface area (Å²) in [5, 5.41) is 19.8. The lowest BCUT2D eigenvalue weighted by Crippen LogP contribution is -2.62. The molecule has 1 aliphatic rings. The summed E-state index contributed by atoms with van der Waals surface area (Å²) in [6.45, 7) is 6.45. The summed E-state index contributed by atoms with van der Waals surface area (Å²) in [6, 6.07) is 6.28. The van der Waals surface area contributed by atoms with Gasteiger partial charge in [0.25, 0.3) is 5.69 Å². The van der Waals surface area contributed by atoms with E-state index in [1.807, 2.05) is 20.8 Å². The summed E-state index contributed by atoms with van der Waals surface area (Å²) in [4.78, 5) is 22.8. The van der Waals surface area contributed by atoms with Crippen LogP contribution in [0.5, 0.6) is 0 Å². The summed E-state index contributed by atoms with van der Waals surface area (Å²) in [7, 11) is 0. The lowest BCUT2D eigenvalue weighted by atomic mass is 9.70. The SMILES string of the molecule is CC(C)(C)C1C(c2ccc([N+](=O)[O-])cc2)CN1C(=O)O. The number of nitro benzene ring substituents is 1. The van der Waals surface area contributed by atoms with E-state index >= 15 is 0 Å². The van der Waals surface area contributed by atoms with Gasteiger partial charge in [0.2, 0.25) is 0 Å². The third-order valence-corrected chi connectivity index (χ3v) is 3.78. The molecule has 108 valence electrons. The highest BCUT2D eigenvalue weighted by Gasteiger charge is 2.48. The number of likely N-dealkylation sites (tertiary alicyclic amines) is 1. The maximum Gasteiger partial charge on any atom is 0.407 e. The number of carboxylic acid groups (broad SMARTS) is 1. The third-order valence-electron chi connectivity index (χ3n) is 3.78. The van der Waals surface area contributed by atoms with Gasteiger partial charge in [-0.25, -0.2) is 4.79 Å². The Bertz CT molecular complexity index is 533. The Kier molecular flexibility index (Phi) is 3.41. The van der Waals surface area contributed by atoms with Gasteiger partial charge in [-0.1, -0.05) is 32.9 Å². The van der Waals surface area contributed by atoms with Crippen molar-refractivity contribution in [1.29, 1.82) is 0 Å². The molecule has 2 unspecified atom stereocenters. The van der Waals surface area contributed by atoms with Crippen molar-refractivity contribution in [1.82, 2.24) is 4.90 Å². The molecule has 6 nitrogen and oxygen atoms in total. The van der Waals surface area contributed by atoms with E-state index in [0.717, 1.165) is 5.56 Å². The van der Waals surface area contributed by atoms with Gasteiger partial charge in [-0.15, -0.1) is 0 Å². The molecule has 0 bridgehead atoms. The Morgan fingerprint density at radius 2 is 1.90 bits per heavy atom. The molecule has 1 saturated heterocycles. The molecule has 1 aromatic rings. The van der Waals surface area contributed by atoms with Crippen LogP contribution in [0, 0.1) is 15.5 Å². The highest BCUT2D eigenvalue weighted by molar-refractivity contribution is 5.67. The zero-order chi connectivity index (χ0) is 15.1. The first-order chi connectivity index (χ1) is 9.21. The summed E-state index contributed by atoms with van der Waals surface area (Å²) in [5.74, 6) is 0.0897. The van der Waals surface area contributed by atoms with Gasteiger partial charge in [0.05, 0.1) is 4.92 Å². The Labute approximate surface area is 117 Å².